The summed E-state index contributed by atoms with van der Waals surface area (Å²) in [5, 5.41) is 23.4. The molecule has 2 heterocycles. The SMILES string of the molecule is CO.O=C(O)c1ccc(-c2ccc3nnn(Cc4c(F)ccc(F)c4Cl)c3n2)cc1F. The van der Waals surface area contributed by atoms with Gasteiger partial charge in [0.25, 0.3) is 0 Å². The molecule has 2 N–H and O–H groups in total. The zero-order valence-electron chi connectivity index (χ0n) is 15.9. The third kappa shape index (κ3) is 4.35. The maximum Gasteiger partial charge on any atom is 0.338 e. The molecular formula is C20H14ClF3N4O3. The predicted octanol–water partition coefficient (Wildman–Crippen LogP) is 3.92. The van der Waals surface area contributed by atoms with Crippen LogP contribution in [0.15, 0.2) is 42.5 Å². The number of hydrogen-bond acceptors (Lipinski definition) is 5. The van der Waals surface area contributed by atoms with Crippen LogP contribution in [0.1, 0.15) is 15.9 Å². The van der Waals surface area contributed by atoms with Crippen LogP contribution >= 0.6 is 11.6 Å². The van der Waals surface area contributed by atoms with Crippen molar-refractivity contribution in [2.75, 3.05) is 7.11 Å². The van der Waals surface area contributed by atoms with Crippen molar-refractivity contribution in [3.8, 4) is 11.3 Å². The Balaban J connectivity index is 0.00000132. The topological polar surface area (TPSA) is 101 Å². The molecule has 4 aromatic rings. The number of carboxylic acid groups (broad SMARTS) is 1. The fourth-order valence-corrected chi connectivity index (χ4v) is 3.05. The van der Waals surface area contributed by atoms with Crippen LogP contribution in [0.4, 0.5) is 13.2 Å². The highest BCUT2D eigenvalue weighted by atomic mass is 35.5. The molecule has 0 atom stereocenters. The average molecular weight is 451 g/mol. The van der Waals surface area contributed by atoms with Gasteiger partial charge >= 0.3 is 5.97 Å². The third-order valence-corrected chi connectivity index (χ3v) is 4.71. The summed E-state index contributed by atoms with van der Waals surface area (Å²) < 4.78 is 43.0. The molecule has 0 aliphatic rings. The molecule has 0 radical (unpaired) electrons. The van der Waals surface area contributed by atoms with Crippen molar-refractivity contribution in [3.63, 3.8) is 0 Å². The Bertz CT molecular complexity index is 1280. The number of aliphatic hydroxyl groups is 1. The molecule has 2 aromatic carbocycles. The molecule has 0 unspecified atom stereocenters. The van der Waals surface area contributed by atoms with Gasteiger partial charge in [-0.1, -0.05) is 22.9 Å². The lowest BCUT2D eigenvalue weighted by molar-refractivity contribution is 0.0692. The Morgan fingerprint density at radius 3 is 2.42 bits per heavy atom. The molecule has 0 amide bonds. The van der Waals surface area contributed by atoms with Crippen molar-refractivity contribution in [2.24, 2.45) is 0 Å². The average Bonchev–Trinajstić information content (AvgIpc) is 3.17. The van der Waals surface area contributed by atoms with Crippen LogP contribution in [0.5, 0.6) is 0 Å². The van der Waals surface area contributed by atoms with Gasteiger partial charge in [-0.2, -0.15) is 0 Å². The molecule has 11 heteroatoms. The molecule has 0 spiro atoms. The first kappa shape index (κ1) is 22.2. The Hall–Kier alpha value is -3.50. The van der Waals surface area contributed by atoms with Crippen LogP contribution in [-0.2, 0) is 6.54 Å². The number of carbonyl (C=O) groups is 1. The van der Waals surface area contributed by atoms with Crippen LogP contribution in [-0.4, -0.2) is 43.3 Å². The molecule has 0 fully saturated rings. The smallest absolute Gasteiger partial charge is 0.338 e. The number of aliphatic hydroxyl groups excluding tert-OH is 1. The van der Waals surface area contributed by atoms with Gasteiger partial charge in [0.2, 0.25) is 0 Å². The number of carboxylic acids is 1. The van der Waals surface area contributed by atoms with Crippen LogP contribution in [0.2, 0.25) is 5.02 Å². The molecule has 160 valence electrons. The Morgan fingerprint density at radius 1 is 1.03 bits per heavy atom. The van der Waals surface area contributed by atoms with Crippen molar-refractivity contribution >= 4 is 28.7 Å². The lowest BCUT2D eigenvalue weighted by Gasteiger charge is -2.08. The van der Waals surface area contributed by atoms with Gasteiger partial charge in [-0.15, -0.1) is 5.10 Å². The maximum absolute atomic E-state index is 14.1. The van der Waals surface area contributed by atoms with E-state index in [1.165, 1.54) is 10.7 Å². The van der Waals surface area contributed by atoms with E-state index in [9.17, 15) is 18.0 Å². The van der Waals surface area contributed by atoms with Gasteiger partial charge in [-0.05, 0) is 36.4 Å². The Labute approximate surface area is 178 Å². The number of pyridine rings is 1. The molecule has 0 aliphatic heterocycles. The minimum atomic E-state index is -1.38. The first-order chi connectivity index (χ1) is 14.8. The van der Waals surface area contributed by atoms with Crippen LogP contribution in [0.25, 0.3) is 22.4 Å². The molecule has 4 rings (SSSR count). The van der Waals surface area contributed by atoms with Crippen molar-refractivity contribution < 1.29 is 28.2 Å². The number of nitrogens with zero attached hydrogens (tertiary/aromatic N) is 4. The first-order valence-electron chi connectivity index (χ1n) is 8.65. The van der Waals surface area contributed by atoms with Crippen LogP contribution in [0, 0.1) is 17.5 Å². The summed E-state index contributed by atoms with van der Waals surface area (Å²) in [4.78, 5) is 15.3. The number of aromatic carboxylic acids is 1. The monoisotopic (exact) mass is 450 g/mol. The lowest BCUT2D eigenvalue weighted by Crippen LogP contribution is -2.07. The van der Waals surface area contributed by atoms with E-state index in [2.05, 4.69) is 15.3 Å². The second-order valence-corrected chi connectivity index (χ2v) is 6.49. The summed E-state index contributed by atoms with van der Waals surface area (Å²) in [6, 6.07) is 8.62. The van der Waals surface area contributed by atoms with Crippen molar-refractivity contribution in [1.29, 1.82) is 0 Å². The summed E-state index contributed by atoms with van der Waals surface area (Å²) in [5.74, 6) is -3.76. The van der Waals surface area contributed by atoms with E-state index in [0.717, 1.165) is 31.4 Å². The van der Waals surface area contributed by atoms with Gasteiger partial charge in [0.05, 0.1) is 22.8 Å². The summed E-state index contributed by atoms with van der Waals surface area (Å²) in [6.07, 6.45) is 0. The van der Waals surface area contributed by atoms with Gasteiger partial charge in [0.1, 0.15) is 23.0 Å². The van der Waals surface area contributed by atoms with Crippen molar-refractivity contribution in [1.82, 2.24) is 20.0 Å². The molecular weight excluding hydrogens is 437 g/mol. The number of fused-ring (bicyclic) bond motifs is 1. The van der Waals surface area contributed by atoms with Crippen LogP contribution in [0.3, 0.4) is 0 Å². The van der Waals surface area contributed by atoms with Gasteiger partial charge in [-0.25, -0.2) is 27.6 Å². The largest absolute Gasteiger partial charge is 0.478 e. The van der Waals surface area contributed by atoms with E-state index in [1.807, 2.05) is 0 Å². The zero-order chi connectivity index (χ0) is 22.7. The third-order valence-electron chi connectivity index (χ3n) is 4.30. The normalized spacial score (nSPS) is 10.6. The molecule has 0 bridgehead atoms. The quantitative estimate of drug-likeness (QED) is 0.457. The van der Waals surface area contributed by atoms with Crippen molar-refractivity contribution in [3.05, 3.63) is 76.1 Å². The van der Waals surface area contributed by atoms with Gasteiger partial charge < -0.3 is 10.2 Å². The van der Waals surface area contributed by atoms with Crippen molar-refractivity contribution in [2.45, 2.75) is 6.54 Å². The highest BCUT2D eigenvalue weighted by molar-refractivity contribution is 6.31. The minimum absolute atomic E-state index is 0.109. The van der Waals surface area contributed by atoms with Gasteiger partial charge in [0.15, 0.2) is 5.65 Å². The summed E-state index contributed by atoms with van der Waals surface area (Å²) >= 11 is 5.86. The van der Waals surface area contributed by atoms with E-state index in [0.29, 0.717) is 16.8 Å². The van der Waals surface area contributed by atoms with Gasteiger partial charge in [0, 0.05) is 18.2 Å². The number of benzene rings is 2. The molecule has 0 saturated heterocycles. The first-order valence-corrected chi connectivity index (χ1v) is 9.03. The summed E-state index contributed by atoms with van der Waals surface area (Å²) in [6.45, 7) is -0.221. The standard InChI is InChI=1S/C19H10ClF3N4O2.CH4O/c20-17-11(12(21)3-4-13(17)22)8-27-18-16(25-26-27)6-5-15(24-18)9-1-2-10(19(28)29)14(23)7-9;1-2/h1-7H,8H2,(H,28,29);2H,1H3. The molecule has 2 aromatic heterocycles. The van der Waals surface area contributed by atoms with E-state index < -0.39 is 29.0 Å². The number of halogens is 4. The summed E-state index contributed by atoms with van der Waals surface area (Å²) in [7, 11) is 1.00. The van der Waals surface area contributed by atoms with E-state index in [-0.39, 0.29) is 22.8 Å². The molecule has 31 heavy (non-hydrogen) atoms. The zero-order valence-corrected chi connectivity index (χ0v) is 16.6. The van der Waals surface area contributed by atoms with E-state index >= 15 is 0 Å². The Kier molecular flexibility index (Phi) is 6.52. The number of rotatable bonds is 4. The lowest BCUT2D eigenvalue weighted by atomic mass is 10.1. The molecule has 0 saturated carbocycles. The van der Waals surface area contributed by atoms with E-state index in [4.69, 9.17) is 21.8 Å². The van der Waals surface area contributed by atoms with E-state index in [1.54, 1.807) is 12.1 Å². The molecule has 7 nitrogen and oxygen atoms in total. The second kappa shape index (κ2) is 9.11. The number of aromatic nitrogens is 4. The molecule has 0 aliphatic carbocycles. The Morgan fingerprint density at radius 2 is 1.74 bits per heavy atom. The van der Waals surface area contributed by atoms with Crippen LogP contribution < -0.4 is 0 Å². The highest BCUT2D eigenvalue weighted by Gasteiger charge is 2.17. The fourth-order valence-electron chi connectivity index (χ4n) is 2.83. The highest BCUT2D eigenvalue weighted by Crippen LogP contribution is 2.26. The number of hydrogen-bond donors (Lipinski definition) is 2. The second-order valence-electron chi connectivity index (χ2n) is 6.11. The minimum Gasteiger partial charge on any atom is -0.478 e. The fraction of sp³-hybridized carbons (Fsp3) is 0.100. The maximum atomic E-state index is 14.1. The summed E-state index contributed by atoms with van der Waals surface area (Å²) in [5.41, 5.74) is 0.703. The predicted molar refractivity (Wildman–Crippen MR) is 106 cm³/mol. The van der Waals surface area contributed by atoms with Gasteiger partial charge in [-0.3, -0.25) is 0 Å².